The minimum absolute atomic E-state index is 0.119. The number of rotatable bonds is 9. The van der Waals surface area contributed by atoms with Gasteiger partial charge < -0.3 is 10.6 Å². The monoisotopic (exact) mass is 368 g/mol. The summed E-state index contributed by atoms with van der Waals surface area (Å²) in [7, 11) is 0. The molecular formula is C23H32N2O2. The van der Waals surface area contributed by atoms with Gasteiger partial charge in [0.05, 0.1) is 6.42 Å². The van der Waals surface area contributed by atoms with E-state index in [1.54, 1.807) is 6.92 Å². The molecule has 0 spiro atoms. The second-order valence-corrected chi connectivity index (χ2v) is 7.84. The lowest BCUT2D eigenvalue weighted by molar-refractivity contribution is -0.128. The summed E-state index contributed by atoms with van der Waals surface area (Å²) in [5.74, 6) is 0.417. The highest BCUT2D eigenvalue weighted by molar-refractivity contribution is 5.92. The first-order chi connectivity index (χ1) is 12.9. The number of amides is 2. The van der Waals surface area contributed by atoms with Crippen molar-refractivity contribution in [2.24, 2.45) is 5.92 Å². The minimum Gasteiger partial charge on any atom is -0.352 e. The van der Waals surface area contributed by atoms with Crippen LogP contribution in [0.3, 0.4) is 0 Å². The smallest absolute Gasteiger partial charge is 0.242 e. The molecule has 2 unspecified atom stereocenters. The zero-order chi connectivity index (χ0) is 19.8. The Labute approximate surface area is 162 Å². The van der Waals surface area contributed by atoms with Crippen molar-refractivity contribution in [1.82, 2.24) is 10.6 Å². The predicted octanol–water partition coefficient (Wildman–Crippen LogP) is 4.22. The van der Waals surface area contributed by atoms with Crippen LogP contribution in [0.4, 0.5) is 0 Å². The summed E-state index contributed by atoms with van der Waals surface area (Å²) in [4.78, 5) is 24.7. The second kappa shape index (κ2) is 10.1. The third kappa shape index (κ3) is 6.70. The first-order valence-corrected chi connectivity index (χ1v) is 9.93. The van der Waals surface area contributed by atoms with Gasteiger partial charge >= 0.3 is 0 Å². The average Bonchev–Trinajstić information content (AvgIpc) is 2.61. The molecule has 2 rings (SSSR count). The van der Waals surface area contributed by atoms with Crippen molar-refractivity contribution in [3.05, 3.63) is 48.0 Å². The molecule has 2 aromatic rings. The quantitative estimate of drug-likeness (QED) is 0.696. The molecule has 27 heavy (non-hydrogen) atoms. The van der Waals surface area contributed by atoms with Gasteiger partial charge in [-0.25, -0.2) is 0 Å². The molecule has 146 valence electrons. The van der Waals surface area contributed by atoms with Crippen molar-refractivity contribution in [1.29, 1.82) is 0 Å². The van der Waals surface area contributed by atoms with Crippen LogP contribution >= 0.6 is 0 Å². The Morgan fingerprint density at radius 3 is 2.33 bits per heavy atom. The van der Waals surface area contributed by atoms with Gasteiger partial charge in [0, 0.05) is 6.04 Å². The van der Waals surface area contributed by atoms with E-state index < -0.39 is 6.04 Å². The van der Waals surface area contributed by atoms with E-state index in [0.29, 0.717) is 5.92 Å². The maximum absolute atomic E-state index is 12.4. The zero-order valence-electron chi connectivity index (χ0n) is 16.9. The van der Waals surface area contributed by atoms with Gasteiger partial charge in [-0.1, -0.05) is 69.2 Å². The number of fused-ring (bicyclic) bond motifs is 1. The van der Waals surface area contributed by atoms with Gasteiger partial charge in [0.1, 0.15) is 6.04 Å². The summed E-state index contributed by atoms with van der Waals surface area (Å²) in [5, 5.41) is 8.01. The molecule has 0 bridgehead atoms. The summed E-state index contributed by atoms with van der Waals surface area (Å²) in [5.41, 5.74) is 0.972. The maximum atomic E-state index is 12.4. The molecule has 0 heterocycles. The molecule has 0 radical (unpaired) electrons. The number of hydrogen-bond acceptors (Lipinski definition) is 2. The van der Waals surface area contributed by atoms with Crippen molar-refractivity contribution in [2.75, 3.05) is 0 Å². The van der Waals surface area contributed by atoms with Crippen LogP contribution in [-0.2, 0) is 16.0 Å². The highest BCUT2D eigenvalue weighted by Gasteiger charge is 2.18. The minimum atomic E-state index is -0.542. The van der Waals surface area contributed by atoms with Crippen LogP contribution in [0, 0.1) is 5.92 Å². The van der Waals surface area contributed by atoms with Crippen LogP contribution in [0.1, 0.15) is 52.5 Å². The van der Waals surface area contributed by atoms with Gasteiger partial charge in [-0.3, -0.25) is 9.59 Å². The zero-order valence-corrected chi connectivity index (χ0v) is 16.9. The fourth-order valence-corrected chi connectivity index (χ4v) is 3.25. The molecule has 2 amide bonds. The van der Waals surface area contributed by atoms with Gasteiger partial charge in [0.15, 0.2) is 0 Å². The normalized spacial score (nSPS) is 13.4. The van der Waals surface area contributed by atoms with Gasteiger partial charge in [0.2, 0.25) is 11.8 Å². The first kappa shape index (κ1) is 20.9. The first-order valence-electron chi connectivity index (χ1n) is 9.93. The van der Waals surface area contributed by atoms with Crippen molar-refractivity contribution in [3.63, 3.8) is 0 Å². The molecule has 2 atom stereocenters. The number of nitrogens with one attached hydrogen (secondary N) is 2. The van der Waals surface area contributed by atoms with Crippen LogP contribution in [0.2, 0.25) is 0 Å². The second-order valence-electron chi connectivity index (χ2n) is 7.84. The summed E-state index contributed by atoms with van der Waals surface area (Å²) in [6.07, 6.45) is 3.49. The Morgan fingerprint density at radius 2 is 1.59 bits per heavy atom. The molecule has 2 aromatic carbocycles. The van der Waals surface area contributed by atoms with E-state index in [9.17, 15) is 9.59 Å². The van der Waals surface area contributed by atoms with Crippen LogP contribution in [0.25, 0.3) is 10.8 Å². The summed E-state index contributed by atoms with van der Waals surface area (Å²) in [6, 6.07) is 13.5. The van der Waals surface area contributed by atoms with Gasteiger partial charge in [-0.15, -0.1) is 0 Å². The molecule has 0 aromatic heterocycles. The third-order valence-electron chi connectivity index (χ3n) is 4.81. The summed E-state index contributed by atoms with van der Waals surface area (Å²) in [6.45, 7) is 8.16. The number of carbonyl (C=O) groups is 2. The van der Waals surface area contributed by atoms with Crippen LogP contribution < -0.4 is 10.6 Å². The Balaban J connectivity index is 1.84. The molecule has 0 aliphatic rings. The van der Waals surface area contributed by atoms with E-state index in [2.05, 4.69) is 24.5 Å². The molecule has 4 nitrogen and oxygen atoms in total. The molecule has 2 N–H and O–H groups in total. The van der Waals surface area contributed by atoms with Gasteiger partial charge in [-0.2, -0.15) is 0 Å². The predicted molar refractivity (Wildman–Crippen MR) is 112 cm³/mol. The summed E-state index contributed by atoms with van der Waals surface area (Å²) >= 11 is 0. The highest BCUT2D eigenvalue weighted by Crippen LogP contribution is 2.18. The standard InChI is InChI=1S/C23H32N2O2/c1-16(2)9-7-10-17(3)24-23(27)18(4)25-22(26)15-20-13-8-12-19-11-5-6-14-21(19)20/h5-6,8,11-14,16-18H,7,9-10,15H2,1-4H3,(H,24,27)(H,25,26). The van der Waals surface area contributed by atoms with Gasteiger partial charge in [0.25, 0.3) is 0 Å². The van der Waals surface area contributed by atoms with E-state index in [-0.39, 0.29) is 24.3 Å². The van der Waals surface area contributed by atoms with Crippen LogP contribution in [0.15, 0.2) is 42.5 Å². The SMILES string of the molecule is CC(C)CCCC(C)NC(=O)C(C)NC(=O)Cc1cccc2ccccc12. The Hall–Kier alpha value is -2.36. The van der Waals surface area contributed by atoms with E-state index in [4.69, 9.17) is 0 Å². The maximum Gasteiger partial charge on any atom is 0.242 e. The van der Waals surface area contributed by atoms with E-state index >= 15 is 0 Å². The largest absolute Gasteiger partial charge is 0.352 e. The fourth-order valence-electron chi connectivity index (χ4n) is 3.25. The Bertz CT molecular complexity index is 765. The van der Waals surface area contributed by atoms with E-state index in [1.807, 2.05) is 49.4 Å². The molecule has 0 aliphatic carbocycles. The lowest BCUT2D eigenvalue weighted by Gasteiger charge is -2.19. The molecule has 0 fully saturated rings. The van der Waals surface area contributed by atoms with E-state index in [1.165, 1.54) is 0 Å². The fraction of sp³-hybridized carbons (Fsp3) is 0.478. The molecule has 0 saturated carbocycles. The lowest BCUT2D eigenvalue weighted by Crippen LogP contribution is -2.47. The highest BCUT2D eigenvalue weighted by atomic mass is 16.2. The number of hydrogen-bond donors (Lipinski definition) is 2. The average molecular weight is 369 g/mol. The van der Waals surface area contributed by atoms with E-state index in [0.717, 1.165) is 35.6 Å². The summed E-state index contributed by atoms with van der Waals surface area (Å²) < 4.78 is 0. The molecule has 0 saturated heterocycles. The molecular weight excluding hydrogens is 336 g/mol. The molecule has 4 heteroatoms. The van der Waals surface area contributed by atoms with Crippen LogP contribution in [-0.4, -0.2) is 23.9 Å². The number of carbonyl (C=O) groups excluding carboxylic acids is 2. The van der Waals surface area contributed by atoms with Gasteiger partial charge in [-0.05, 0) is 42.5 Å². The lowest BCUT2D eigenvalue weighted by atomic mass is 10.0. The molecule has 0 aliphatic heterocycles. The van der Waals surface area contributed by atoms with Crippen LogP contribution in [0.5, 0.6) is 0 Å². The van der Waals surface area contributed by atoms with Crippen molar-refractivity contribution < 1.29 is 9.59 Å². The number of benzene rings is 2. The topological polar surface area (TPSA) is 58.2 Å². The van der Waals surface area contributed by atoms with Crippen molar-refractivity contribution >= 4 is 22.6 Å². The third-order valence-corrected chi connectivity index (χ3v) is 4.81. The Kier molecular flexibility index (Phi) is 7.83. The van der Waals surface area contributed by atoms with Crippen molar-refractivity contribution in [3.8, 4) is 0 Å². The van der Waals surface area contributed by atoms with Crippen molar-refractivity contribution in [2.45, 2.75) is 65.5 Å². The Morgan fingerprint density at radius 1 is 0.889 bits per heavy atom.